The predicted molar refractivity (Wildman–Crippen MR) is 115 cm³/mol. The minimum Gasteiger partial charge on any atom is -0.497 e. The van der Waals surface area contributed by atoms with Gasteiger partial charge in [0.25, 0.3) is 11.8 Å². The van der Waals surface area contributed by atoms with Crippen molar-refractivity contribution >= 4 is 40.5 Å². The molecule has 0 fully saturated rings. The van der Waals surface area contributed by atoms with Gasteiger partial charge in [-0.15, -0.1) is 0 Å². The molecular formula is C21H18N4O3S. The zero-order valence-electron chi connectivity index (χ0n) is 15.5. The Labute approximate surface area is 172 Å². The van der Waals surface area contributed by atoms with Crippen molar-refractivity contribution in [2.45, 2.75) is 0 Å². The average molecular weight is 406 g/mol. The number of hydrogen-bond acceptors (Lipinski definition) is 5. The Morgan fingerprint density at radius 3 is 2.03 bits per heavy atom. The molecule has 3 aromatic rings. The summed E-state index contributed by atoms with van der Waals surface area (Å²) in [4.78, 5) is 29.5. The van der Waals surface area contributed by atoms with Crippen LogP contribution in [0.1, 0.15) is 26.3 Å². The van der Waals surface area contributed by atoms with E-state index in [4.69, 9.17) is 22.7 Å². The predicted octanol–water partition coefficient (Wildman–Crippen LogP) is 3.23. The fourth-order valence-electron chi connectivity index (χ4n) is 2.51. The lowest BCUT2D eigenvalue weighted by Gasteiger charge is -2.12. The number of hydrogen-bond donors (Lipinski definition) is 3. The highest BCUT2D eigenvalue weighted by Gasteiger charge is 2.13. The van der Waals surface area contributed by atoms with Crippen LogP contribution in [-0.2, 0) is 0 Å². The molecule has 0 bridgehead atoms. The molecule has 0 unspecified atom stereocenters. The van der Waals surface area contributed by atoms with Gasteiger partial charge in [0.2, 0.25) is 0 Å². The third kappa shape index (κ3) is 4.94. The first-order valence-corrected chi connectivity index (χ1v) is 9.00. The number of nitrogens with two attached hydrogens (primary N) is 1. The van der Waals surface area contributed by atoms with Gasteiger partial charge in [-0.3, -0.25) is 9.59 Å². The van der Waals surface area contributed by atoms with Crippen LogP contribution in [0.4, 0.5) is 11.5 Å². The fraction of sp³-hybridized carbons (Fsp3) is 0.0476. The second-order valence-corrected chi connectivity index (χ2v) is 6.42. The lowest BCUT2D eigenvalue weighted by atomic mass is 10.1. The molecule has 4 N–H and O–H groups in total. The number of aromatic nitrogens is 1. The standard InChI is InChI=1S/C21H18N4O3S/c1-28-16-10-8-15(9-11-16)21(27)25-19-17(3-2-12-23-19)24-20(26)14-6-4-13(5-7-14)18(22)29/h2-12H,1H3,(H2,22,29)(H,24,26)(H,23,25,27). The fourth-order valence-corrected chi connectivity index (χ4v) is 2.64. The Morgan fingerprint density at radius 2 is 1.45 bits per heavy atom. The Kier molecular flexibility index (Phi) is 6.16. The maximum absolute atomic E-state index is 12.5. The Balaban J connectivity index is 1.75. The van der Waals surface area contributed by atoms with Crippen LogP contribution in [0.15, 0.2) is 66.9 Å². The Hall–Kier alpha value is -3.78. The number of amides is 2. The van der Waals surface area contributed by atoms with Crippen LogP contribution < -0.4 is 21.1 Å². The van der Waals surface area contributed by atoms with E-state index in [0.29, 0.717) is 28.1 Å². The summed E-state index contributed by atoms with van der Waals surface area (Å²) in [6.07, 6.45) is 1.52. The molecule has 0 aliphatic rings. The highest BCUT2D eigenvalue weighted by molar-refractivity contribution is 7.80. The lowest BCUT2D eigenvalue weighted by molar-refractivity contribution is 0.101. The molecular weight excluding hydrogens is 388 g/mol. The van der Waals surface area contributed by atoms with Gasteiger partial charge in [0.05, 0.1) is 12.8 Å². The van der Waals surface area contributed by atoms with Gasteiger partial charge in [-0.1, -0.05) is 24.4 Å². The zero-order valence-corrected chi connectivity index (χ0v) is 16.3. The molecule has 0 spiro atoms. The van der Waals surface area contributed by atoms with Crippen LogP contribution in [0.2, 0.25) is 0 Å². The van der Waals surface area contributed by atoms with E-state index in [1.807, 2.05) is 0 Å². The Bertz CT molecular complexity index is 1050. The van der Waals surface area contributed by atoms with Gasteiger partial charge in [0, 0.05) is 22.9 Å². The van der Waals surface area contributed by atoms with Gasteiger partial charge in [0.15, 0.2) is 5.82 Å². The third-order valence-corrected chi connectivity index (χ3v) is 4.31. The second-order valence-electron chi connectivity index (χ2n) is 5.98. The lowest BCUT2D eigenvalue weighted by Crippen LogP contribution is -2.18. The molecule has 0 saturated heterocycles. The molecule has 1 heterocycles. The summed E-state index contributed by atoms with van der Waals surface area (Å²) in [7, 11) is 1.55. The quantitative estimate of drug-likeness (QED) is 0.543. The molecule has 2 amide bonds. The van der Waals surface area contributed by atoms with Crippen molar-refractivity contribution in [3.8, 4) is 5.75 Å². The van der Waals surface area contributed by atoms with Crippen LogP contribution in [0.3, 0.4) is 0 Å². The minimum absolute atomic E-state index is 0.237. The highest BCUT2D eigenvalue weighted by Crippen LogP contribution is 2.20. The van der Waals surface area contributed by atoms with E-state index in [1.165, 1.54) is 6.20 Å². The molecule has 2 aromatic carbocycles. The van der Waals surface area contributed by atoms with Gasteiger partial charge in [-0.05, 0) is 48.5 Å². The molecule has 29 heavy (non-hydrogen) atoms. The van der Waals surface area contributed by atoms with Crippen molar-refractivity contribution < 1.29 is 14.3 Å². The smallest absolute Gasteiger partial charge is 0.256 e. The van der Waals surface area contributed by atoms with Crippen LogP contribution in [0.5, 0.6) is 5.75 Å². The van der Waals surface area contributed by atoms with Gasteiger partial charge in [0.1, 0.15) is 10.7 Å². The largest absolute Gasteiger partial charge is 0.497 e. The number of nitrogens with one attached hydrogen (secondary N) is 2. The summed E-state index contributed by atoms with van der Waals surface area (Å²) < 4.78 is 5.09. The molecule has 3 rings (SSSR count). The number of rotatable bonds is 6. The molecule has 8 heteroatoms. The first kappa shape index (κ1) is 20.0. The van der Waals surface area contributed by atoms with E-state index in [2.05, 4.69) is 15.6 Å². The van der Waals surface area contributed by atoms with Gasteiger partial charge in [-0.2, -0.15) is 0 Å². The number of pyridine rings is 1. The summed E-state index contributed by atoms with van der Waals surface area (Å²) in [5.41, 5.74) is 7.46. The summed E-state index contributed by atoms with van der Waals surface area (Å²) in [6, 6.07) is 16.6. The zero-order chi connectivity index (χ0) is 20.8. The van der Waals surface area contributed by atoms with Crippen LogP contribution in [-0.4, -0.2) is 28.9 Å². The van der Waals surface area contributed by atoms with Crippen molar-refractivity contribution in [1.29, 1.82) is 0 Å². The number of nitrogens with zero attached hydrogens (tertiary/aromatic N) is 1. The summed E-state index contributed by atoms with van der Waals surface area (Å²) in [5.74, 6) is 0.172. The van der Waals surface area contributed by atoms with Gasteiger partial charge >= 0.3 is 0 Å². The van der Waals surface area contributed by atoms with Crippen molar-refractivity contribution in [1.82, 2.24) is 4.98 Å². The van der Waals surface area contributed by atoms with Crippen molar-refractivity contribution in [3.05, 3.63) is 83.6 Å². The maximum Gasteiger partial charge on any atom is 0.256 e. The van der Waals surface area contributed by atoms with Crippen molar-refractivity contribution in [2.75, 3.05) is 17.7 Å². The van der Waals surface area contributed by atoms with E-state index in [9.17, 15) is 9.59 Å². The molecule has 146 valence electrons. The highest BCUT2D eigenvalue weighted by atomic mass is 32.1. The summed E-state index contributed by atoms with van der Waals surface area (Å²) in [5, 5.41) is 5.46. The third-order valence-electron chi connectivity index (χ3n) is 4.07. The van der Waals surface area contributed by atoms with Crippen LogP contribution >= 0.6 is 12.2 Å². The molecule has 7 nitrogen and oxygen atoms in total. The Morgan fingerprint density at radius 1 is 0.897 bits per heavy atom. The van der Waals surface area contributed by atoms with Crippen molar-refractivity contribution in [3.63, 3.8) is 0 Å². The number of ether oxygens (including phenoxy) is 1. The number of carbonyl (C=O) groups excluding carboxylic acids is 2. The molecule has 0 saturated carbocycles. The van der Waals surface area contributed by atoms with Gasteiger partial charge < -0.3 is 21.1 Å². The first-order chi connectivity index (χ1) is 14.0. The molecule has 0 radical (unpaired) electrons. The first-order valence-electron chi connectivity index (χ1n) is 8.59. The van der Waals surface area contributed by atoms with E-state index < -0.39 is 0 Å². The van der Waals surface area contributed by atoms with Crippen molar-refractivity contribution in [2.24, 2.45) is 5.73 Å². The SMILES string of the molecule is COc1ccc(C(=O)Nc2ncccc2NC(=O)c2ccc(C(N)=S)cc2)cc1. The molecule has 0 atom stereocenters. The van der Waals surface area contributed by atoms with E-state index >= 15 is 0 Å². The topological polar surface area (TPSA) is 106 Å². The van der Waals surface area contributed by atoms with Gasteiger partial charge in [-0.25, -0.2) is 4.98 Å². The number of thiocarbonyl (C=S) groups is 1. The average Bonchev–Trinajstić information content (AvgIpc) is 2.75. The molecule has 1 aromatic heterocycles. The summed E-state index contributed by atoms with van der Waals surface area (Å²) in [6.45, 7) is 0. The monoisotopic (exact) mass is 406 g/mol. The summed E-state index contributed by atoms with van der Waals surface area (Å²) >= 11 is 4.91. The van der Waals surface area contributed by atoms with E-state index in [-0.39, 0.29) is 22.6 Å². The number of carbonyl (C=O) groups is 2. The van der Waals surface area contributed by atoms with E-state index in [1.54, 1.807) is 67.8 Å². The molecule has 0 aliphatic carbocycles. The number of methoxy groups -OCH3 is 1. The number of benzene rings is 2. The second kappa shape index (κ2) is 8.94. The minimum atomic E-state index is -0.359. The van der Waals surface area contributed by atoms with Crippen LogP contribution in [0.25, 0.3) is 0 Å². The van der Waals surface area contributed by atoms with Crippen LogP contribution in [0, 0.1) is 0 Å². The number of anilines is 2. The molecule has 0 aliphatic heterocycles. The van der Waals surface area contributed by atoms with E-state index in [0.717, 1.165) is 0 Å². The maximum atomic E-state index is 12.5. The normalized spacial score (nSPS) is 10.1.